The molecule has 0 radical (unpaired) electrons. The molecule has 104 valence electrons. The first-order valence-corrected chi connectivity index (χ1v) is 8.46. The zero-order valence-electron chi connectivity index (χ0n) is 11.8. The van der Waals surface area contributed by atoms with E-state index in [1.54, 1.807) is 0 Å². The van der Waals surface area contributed by atoms with E-state index < -0.39 is 0 Å². The summed E-state index contributed by atoms with van der Waals surface area (Å²) in [4.78, 5) is 7.38. The van der Waals surface area contributed by atoms with Gasteiger partial charge in [0.25, 0.3) is 0 Å². The van der Waals surface area contributed by atoms with Crippen LogP contribution in [0.4, 0.5) is 0 Å². The van der Waals surface area contributed by atoms with Crippen LogP contribution >= 0.6 is 11.8 Å². The lowest BCUT2D eigenvalue weighted by Crippen LogP contribution is -2.41. The number of thioether (sulfide) groups is 1. The molecule has 0 amide bonds. The maximum absolute atomic E-state index is 4.78. The average Bonchev–Trinajstić information content (AvgIpc) is 2.46. The molecule has 2 heterocycles. The van der Waals surface area contributed by atoms with Crippen molar-refractivity contribution in [2.45, 2.75) is 58.0 Å². The highest BCUT2D eigenvalue weighted by molar-refractivity contribution is 8.13. The van der Waals surface area contributed by atoms with Gasteiger partial charge in [-0.3, -0.25) is 9.89 Å². The highest BCUT2D eigenvalue weighted by atomic mass is 32.2. The van der Waals surface area contributed by atoms with Crippen molar-refractivity contribution in [3.63, 3.8) is 0 Å². The first-order chi connectivity index (χ1) is 8.79. The van der Waals surface area contributed by atoms with Crippen LogP contribution in [0, 0.1) is 0 Å². The number of rotatable bonds is 4. The second-order valence-corrected chi connectivity index (χ2v) is 6.56. The molecule has 18 heavy (non-hydrogen) atoms. The molecule has 1 N–H and O–H groups in total. The van der Waals surface area contributed by atoms with Gasteiger partial charge >= 0.3 is 0 Å². The van der Waals surface area contributed by atoms with Crippen molar-refractivity contribution in [3.8, 4) is 0 Å². The molecule has 4 heteroatoms. The fourth-order valence-corrected chi connectivity index (χ4v) is 3.68. The topological polar surface area (TPSA) is 27.6 Å². The summed E-state index contributed by atoms with van der Waals surface area (Å²) in [5, 5.41) is 4.73. The van der Waals surface area contributed by atoms with Crippen LogP contribution in [0.25, 0.3) is 0 Å². The smallest absolute Gasteiger partial charge is 0.156 e. The normalized spacial score (nSPS) is 30.1. The molecule has 0 saturated carbocycles. The fraction of sp³-hybridized carbons (Fsp3) is 0.929. The minimum atomic E-state index is 0.599. The summed E-state index contributed by atoms with van der Waals surface area (Å²) in [6.07, 6.45) is 6.63. The Bertz CT molecular complexity index is 274. The van der Waals surface area contributed by atoms with Gasteiger partial charge in [-0.1, -0.05) is 25.1 Å². The quantitative estimate of drug-likeness (QED) is 0.850. The van der Waals surface area contributed by atoms with Crippen molar-refractivity contribution < 1.29 is 0 Å². The Morgan fingerprint density at radius 1 is 1.39 bits per heavy atom. The molecule has 0 aromatic carbocycles. The van der Waals surface area contributed by atoms with Crippen LogP contribution in [0.5, 0.6) is 0 Å². The predicted octanol–water partition coefficient (Wildman–Crippen LogP) is 2.72. The molecular formula is C14H27N3S. The standard InChI is InChI=1S/C14H27N3S/c1-3-13-7-10-18-14(16-13)15-11-12(2)17-8-5-4-6-9-17/h12-13H,3-11H2,1-2H3,(H,15,16). The number of aliphatic imine (C=N–C) groups is 1. The van der Waals surface area contributed by atoms with Gasteiger partial charge in [0.1, 0.15) is 0 Å². The van der Waals surface area contributed by atoms with E-state index in [1.165, 1.54) is 56.1 Å². The van der Waals surface area contributed by atoms with E-state index in [0.29, 0.717) is 12.1 Å². The lowest BCUT2D eigenvalue weighted by atomic mass is 10.1. The van der Waals surface area contributed by atoms with Crippen molar-refractivity contribution in [2.24, 2.45) is 4.99 Å². The highest BCUT2D eigenvalue weighted by Gasteiger charge is 2.18. The van der Waals surface area contributed by atoms with Crippen molar-refractivity contribution >= 4 is 16.9 Å². The molecular weight excluding hydrogens is 242 g/mol. The Balaban J connectivity index is 1.77. The monoisotopic (exact) mass is 269 g/mol. The summed E-state index contributed by atoms with van der Waals surface area (Å²) in [6.45, 7) is 8.06. The second kappa shape index (κ2) is 7.39. The van der Waals surface area contributed by atoms with E-state index in [9.17, 15) is 0 Å². The van der Waals surface area contributed by atoms with E-state index in [2.05, 4.69) is 24.1 Å². The van der Waals surface area contributed by atoms with Crippen LogP contribution in [0.15, 0.2) is 4.99 Å². The van der Waals surface area contributed by atoms with Crippen LogP contribution in [0.2, 0.25) is 0 Å². The van der Waals surface area contributed by atoms with Crippen molar-refractivity contribution in [1.29, 1.82) is 0 Å². The van der Waals surface area contributed by atoms with E-state index >= 15 is 0 Å². The Morgan fingerprint density at radius 3 is 2.89 bits per heavy atom. The molecule has 0 aromatic rings. The summed E-state index contributed by atoms with van der Waals surface area (Å²) in [5.41, 5.74) is 0. The van der Waals surface area contributed by atoms with Gasteiger partial charge in [-0.15, -0.1) is 0 Å². The van der Waals surface area contributed by atoms with Crippen LogP contribution in [-0.2, 0) is 0 Å². The van der Waals surface area contributed by atoms with Crippen molar-refractivity contribution in [1.82, 2.24) is 10.2 Å². The Hall–Kier alpha value is -0.220. The Morgan fingerprint density at radius 2 is 2.17 bits per heavy atom. The molecule has 0 spiro atoms. The highest BCUT2D eigenvalue weighted by Crippen LogP contribution is 2.17. The number of hydrogen-bond acceptors (Lipinski definition) is 3. The molecule has 2 aliphatic heterocycles. The van der Waals surface area contributed by atoms with E-state index in [-0.39, 0.29) is 0 Å². The third-order valence-corrected chi connectivity index (χ3v) is 5.00. The number of hydrogen-bond donors (Lipinski definition) is 1. The van der Waals surface area contributed by atoms with Gasteiger partial charge in [-0.25, -0.2) is 0 Å². The number of likely N-dealkylation sites (tertiary alicyclic amines) is 1. The average molecular weight is 269 g/mol. The van der Waals surface area contributed by atoms with Gasteiger partial charge in [-0.05, 0) is 45.7 Å². The molecule has 2 saturated heterocycles. The molecule has 0 aromatic heterocycles. The summed E-state index contributed by atoms with van der Waals surface area (Å²) in [5.74, 6) is 1.22. The van der Waals surface area contributed by atoms with Gasteiger partial charge in [0.05, 0.1) is 6.54 Å². The molecule has 3 nitrogen and oxygen atoms in total. The zero-order chi connectivity index (χ0) is 12.8. The summed E-state index contributed by atoms with van der Waals surface area (Å²) < 4.78 is 0. The number of amidine groups is 1. The van der Waals surface area contributed by atoms with Gasteiger partial charge in [0.2, 0.25) is 0 Å². The Labute approximate surface area is 116 Å². The van der Waals surface area contributed by atoms with Crippen LogP contribution in [0.3, 0.4) is 0 Å². The molecule has 2 unspecified atom stereocenters. The minimum absolute atomic E-state index is 0.599. The molecule has 2 fully saturated rings. The maximum atomic E-state index is 4.78. The third kappa shape index (κ3) is 4.16. The summed E-state index contributed by atoms with van der Waals surface area (Å²) >= 11 is 1.89. The van der Waals surface area contributed by atoms with Crippen LogP contribution in [-0.4, -0.2) is 47.5 Å². The van der Waals surface area contributed by atoms with E-state index in [0.717, 1.165) is 6.54 Å². The lowest BCUT2D eigenvalue weighted by molar-refractivity contribution is 0.178. The molecule has 0 aliphatic carbocycles. The van der Waals surface area contributed by atoms with Gasteiger partial charge in [0.15, 0.2) is 5.17 Å². The molecule has 2 aliphatic rings. The zero-order valence-corrected chi connectivity index (χ0v) is 12.6. The third-order valence-electron chi connectivity index (χ3n) is 4.04. The molecule has 2 rings (SSSR count). The predicted molar refractivity (Wildman–Crippen MR) is 81.5 cm³/mol. The summed E-state index contributed by atoms with van der Waals surface area (Å²) in [7, 11) is 0. The van der Waals surface area contributed by atoms with E-state index in [1.807, 2.05) is 11.8 Å². The van der Waals surface area contributed by atoms with Crippen molar-refractivity contribution in [3.05, 3.63) is 0 Å². The first-order valence-electron chi connectivity index (χ1n) is 7.47. The SMILES string of the molecule is CCC1CCSC(=NCC(C)N2CCCCC2)N1. The number of nitrogens with zero attached hydrogens (tertiary/aromatic N) is 2. The Kier molecular flexibility index (Phi) is 5.83. The largest absolute Gasteiger partial charge is 0.362 e. The molecule has 0 bridgehead atoms. The second-order valence-electron chi connectivity index (χ2n) is 5.48. The lowest BCUT2D eigenvalue weighted by Gasteiger charge is -2.32. The van der Waals surface area contributed by atoms with Gasteiger partial charge < -0.3 is 5.32 Å². The van der Waals surface area contributed by atoms with Gasteiger partial charge in [-0.2, -0.15) is 0 Å². The van der Waals surface area contributed by atoms with Gasteiger partial charge in [0, 0.05) is 17.8 Å². The van der Waals surface area contributed by atoms with Crippen LogP contribution < -0.4 is 5.32 Å². The van der Waals surface area contributed by atoms with Crippen molar-refractivity contribution in [2.75, 3.05) is 25.4 Å². The first kappa shape index (κ1) is 14.2. The maximum Gasteiger partial charge on any atom is 0.156 e. The summed E-state index contributed by atoms with van der Waals surface area (Å²) in [6, 6.07) is 1.25. The molecule has 2 atom stereocenters. The number of nitrogens with one attached hydrogen (secondary N) is 1. The van der Waals surface area contributed by atoms with Crippen LogP contribution in [0.1, 0.15) is 46.0 Å². The fourth-order valence-electron chi connectivity index (χ4n) is 2.67. The van der Waals surface area contributed by atoms with E-state index in [4.69, 9.17) is 4.99 Å². The number of piperidine rings is 1. The minimum Gasteiger partial charge on any atom is -0.362 e.